The van der Waals surface area contributed by atoms with Crippen LogP contribution >= 0.6 is 0 Å². The summed E-state index contributed by atoms with van der Waals surface area (Å²) in [4.78, 5) is 0. The molecule has 0 saturated carbocycles. The van der Waals surface area contributed by atoms with Gasteiger partial charge in [0.05, 0.1) is 5.69 Å². The summed E-state index contributed by atoms with van der Waals surface area (Å²) in [7, 11) is 0. The molecule has 0 saturated heterocycles. The summed E-state index contributed by atoms with van der Waals surface area (Å²) in [5, 5.41) is 2.47. The molecule has 2 rings (SSSR count). The van der Waals surface area contributed by atoms with Gasteiger partial charge in [-0.2, -0.15) is 0 Å². The van der Waals surface area contributed by atoms with E-state index in [1.54, 1.807) is 0 Å². The lowest BCUT2D eigenvalue weighted by atomic mass is 10.2. The third kappa shape index (κ3) is 3.01. The van der Waals surface area contributed by atoms with Crippen LogP contribution in [0.2, 0.25) is 0 Å². The highest BCUT2D eigenvalue weighted by Crippen LogP contribution is 2.18. The molecule has 2 aromatic carbocycles. The number of rotatable bonds is 3. The lowest BCUT2D eigenvalue weighted by molar-refractivity contribution is 0.445. The maximum absolute atomic E-state index is 13.3. The average Bonchev–Trinajstić information content (AvgIpc) is 2.37. The Balaban J connectivity index is 2.17. The zero-order valence-corrected chi connectivity index (χ0v) is 9.48. The minimum atomic E-state index is -1.57. The van der Waals surface area contributed by atoms with Crippen LogP contribution in [0.5, 0.6) is 0 Å². The fourth-order valence-electron chi connectivity index (χ4n) is 1.54. The van der Waals surface area contributed by atoms with Gasteiger partial charge in [0.1, 0.15) is 11.6 Å². The highest BCUT2D eigenvalue weighted by Gasteiger charge is 2.11. The highest BCUT2D eigenvalue weighted by molar-refractivity contribution is 5.45. The van der Waals surface area contributed by atoms with Gasteiger partial charge >= 0.3 is 0 Å². The quantitative estimate of drug-likeness (QED) is 0.658. The van der Waals surface area contributed by atoms with E-state index in [1.165, 1.54) is 0 Å². The number of nitrogens with one attached hydrogen (secondary N) is 1. The Morgan fingerprint density at radius 1 is 0.789 bits per heavy atom. The molecule has 0 aliphatic heterocycles. The van der Waals surface area contributed by atoms with Gasteiger partial charge in [0.2, 0.25) is 0 Å². The summed E-state index contributed by atoms with van der Waals surface area (Å²) in [5.74, 6) is -5.60. The van der Waals surface area contributed by atoms with E-state index in [0.29, 0.717) is 0 Å². The van der Waals surface area contributed by atoms with Crippen molar-refractivity contribution >= 4 is 5.69 Å². The second-order valence-electron chi connectivity index (χ2n) is 3.85. The van der Waals surface area contributed by atoms with Gasteiger partial charge in [-0.3, -0.25) is 0 Å². The van der Waals surface area contributed by atoms with Crippen LogP contribution in [0.4, 0.5) is 27.6 Å². The molecule has 0 aromatic heterocycles. The van der Waals surface area contributed by atoms with Gasteiger partial charge in [0, 0.05) is 6.54 Å². The van der Waals surface area contributed by atoms with Crippen LogP contribution in [0.3, 0.4) is 0 Å². The fourth-order valence-corrected chi connectivity index (χ4v) is 1.54. The van der Waals surface area contributed by atoms with Gasteiger partial charge in [-0.15, -0.1) is 0 Å². The number of benzene rings is 2. The van der Waals surface area contributed by atoms with E-state index in [-0.39, 0.29) is 17.8 Å². The molecule has 100 valence electrons. The first-order valence-electron chi connectivity index (χ1n) is 5.29. The van der Waals surface area contributed by atoms with Crippen molar-refractivity contribution in [2.24, 2.45) is 0 Å². The van der Waals surface area contributed by atoms with Crippen molar-refractivity contribution in [2.75, 3.05) is 5.32 Å². The molecule has 2 aromatic rings. The zero-order valence-electron chi connectivity index (χ0n) is 9.48. The van der Waals surface area contributed by atoms with Crippen LogP contribution in [0.1, 0.15) is 5.56 Å². The van der Waals surface area contributed by atoms with Crippen LogP contribution in [-0.2, 0) is 6.54 Å². The summed E-state index contributed by atoms with van der Waals surface area (Å²) in [6.07, 6.45) is 0. The van der Waals surface area contributed by atoms with Crippen molar-refractivity contribution in [3.63, 3.8) is 0 Å². The summed E-state index contributed by atoms with van der Waals surface area (Å²) in [6.45, 7) is -0.172. The van der Waals surface area contributed by atoms with Gasteiger partial charge in [0.25, 0.3) is 0 Å². The first kappa shape index (κ1) is 13.3. The Hall–Kier alpha value is -2.11. The number of hydrogen-bond donors (Lipinski definition) is 1. The second kappa shape index (κ2) is 5.26. The molecule has 0 atom stereocenters. The standard InChI is InChI=1S/C13H8F5N/c14-8-1-2-9(15)12(5-8)19-6-7-3-10(16)13(18)11(17)4-7/h1-5,19H,6H2. The van der Waals surface area contributed by atoms with Crippen molar-refractivity contribution in [3.05, 3.63) is 65.0 Å². The van der Waals surface area contributed by atoms with Crippen molar-refractivity contribution in [1.82, 2.24) is 0 Å². The van der Waals surface area contributed by atoms with E-state index in [4.69, 9.17) is 0 Å². The predicted octanol–water partition coefficient (Wildman–Crippen LogP) is 3.99. The Morgan fingerprint density at radius 2 is 1.42 bits per heavy atom. The van der Waals surface area contributed by atoms with Gasteiger partial charge < -0.3 is 5.32 Å². The average molecular weight is 273 g/mol. The van der Waals surface area contributed by atoms with Crippen molar-refractivity contribution < 1.29 is 22.0 Å². The molecule has 0 unspecified atom stereocenters. The minimum Gasteiger partial charge on any atom is -0.379 e. The molecule has 0 amide bonds. The van der Waals surface area contributed by atoms with E-state index in [0.717, 1.165) is 30.3 Å². The maximum atomic E-state index is 13.3. The van der Waals surface area contributed by atoms with E-state index >= 15 is 0 Å². The lowest BCUT2D eigenvalue weighted by Gasteiger charge is -2.08. The zero-order chi connectivity index (χ0) is 14.0. The molecule has 0 aliphatic rings. The first-order chi connectivity index (χ1) is 8.97. The summed E-state index contributed by atoms with van der Waals surface area (Å²) < 4.78 is 64.7. The van der Waals surface area contributed by atoms with Crippen molar-refractivity contribution in [3.8, 4) is 0 Å². The Morgan fingerprint density at radius 3 is 2.05 bits per heavy atom. The maximum Gasteiger partial charge on any atom is 0.194 e. The SMILES string of the molecule is Fc1ccc(F)c(NCc2cc(F)c(F)c(F)c2)c1. The second-order valence-corrected chi connectivity index (χ2v) is 3.85. The smallest absolute Gasteiger partial charge is 0.194 e. The van der Waals surface area contributed by atoms with E-state index in [9.17, 15) is 22.0 Å². The largest absolute Gasteiger partial charge is 0.379 e. The van der Waals surface area contributed by atoms with Crippen LogP contribution in [-0.4, -0.2) is 0 Å². The van der Waals surface area contributed by atoms with Crippen molar-refractivity contribution in [2.45, 2.75) is 6.54 Å². The monoisotopic (exact) mass is 273 g/mol. The summed E-state index contributed by atoms with van der Waals surface area (Å²) in [5.41, 5.74) is -0.0785. The van der Waals surface area contributed by atoms with Gasteiger partial charge in [-0.05, 0) is 35.9 Å². The molecular formula is C13H8F5N. The minimum absolute atomic E-state index is 0.0695. The van der Waals surface area contributed by atoms with E-state index < -0.39 is 29.1 Å². The predicted molar refractivity (Wildman–Crippen MR) is 60.0 cm³/mol. The molecule has 0 heterocycles. The molecule has 0 aliphatic carbocycles. The molecule has 0 fully saturated rings. The normalized spacial score (nSPS) is 10.6. The van der Waals surface area contributed by atoms with Gasteiger partial charge in [-0.25, -0.2) is 22.0 Å². The Kier molecular flexibility index (Phi) is 3.69. The fraction of sp³-hybridized carbons (Fsp3) is 0.0769. The first-order valence-corrected chi connectivity index (χ1v) is 5.29. The third-order valence-corrected chi connectivity index (χ3v) is 2.45. The molecule has 0 bridgehead atoms. The van der Waals surface area contributed by atoms with Crippen LogP contribution < -0.4 is 5.32 Å². The van der Waals surface area contributed by atoms with Gasteiger partial charge in [0.15, 0.2) is 17.5 Å². The van der Waals surface area contributed by atoms with Crippen LogP contribution in [0.15, 0.2) is 30.3 Å². The molecule has 6 heteroatoms. The van der Waals surface area contributed by atoms with Gasteiger partial charge in [-0.1, -0.05) is 0 Å². The number of hydrogen-bond acceptors (Lipinski definition) is 1. The topological polar surface area (TPSA) is 12.0 Å². The molecule has 1 nitrogen and oxygen atoms in total. The Bertz CT molecular complexity index is 589. The molecular weight excluding hydrogens is 265 g/mol. The molecule has 19 heavy (non-hydrogen) atoms. The van der Waals surface area contributed by atoms with Crippen LogP contribution in [0.25, 0.3) is 0 Å². The van der Waals surface area contributed by atoms with E-state index in [2.05, 4.69) is 5.32 Å². The summed E-state index contributed by atoms with van der Waals surface area (Å²) in [6, 6.07) is 4.33. The molecule has 1 N–H and O–H groups in total. The summed E-state index contributed by atoms with van der Waals surface area (Å²) >= 11 is 0. The third-order valence-electron chi connectivity index (χ3n) is 2.45. The molecule has 0 radical (unpaired) electrons. The van der Waals surface area contributed by atoms with Crippen LogP contribution in [0, 0.1) is 29.1 Å². The number of halogens is 5. The van der Waals surface area contributed by atoms with Crippen molar-refractivity contribution in [1.29, 1.82) is 0 Å². The lowest BCUT2D eigenvalue weighted by Crippen LogP contribution is -2.04. The Labute approximate surface area is 105 Å². The number of anilines is 1. The molecule has 0 spiro atoms. The highest BCUT2D eigenvalue weighted by atomic mass is 19.2. The van der Waals surface area contributed by atoms with E-state index in [1.807, 2.05) is 0 Å².